The lowest BCUT2D eigenvalue weighted by molar-refractivity contribution is 0.0690. The van der Waals surface area contributed by atoms with Gasteiger partial charge in [0.15, 0.2) is 17.3 Å². The number of aromatic nitrogens is 4. The quantitative estimate of drug-likeness (QED) is 0.846. The highest BCUT2D eigenvalue weighted by atomic mass is 19.1. The molecule has 2 heterocycles. The highest BCUT2D eigenvalue weighted by Crippen LogP contribution is 2.23. The van der Waals surface area contributed by atoms with Crippen LogP contribution in [0.25, 0.3) is 11.4 Å². The van der Waals surface area contributed by atoms with Crippen LogP contribution in [-0.4, -0.2) is 30.8 Å². The monoisotopic (exact) mass is 239 g/mol. The molecule has 0 aliphatic carbocycles. The fraction of sp³-hybridized carbons (Fsp3) is 0.200. The number of aromatic carboxylic acids is 1. The van der Waals surface area contributed by atoms with Crippen LogP contribution in [0.15, 0.2) is 12.4 Å². The smallest absolute Gasteiger partial charge is 0.357 e. The number of rotatable bonds is 2. The van der Waals surface area contributed by atoms with Gasteiger partial charge in [-0.15, -0.1) is 0 Å². The Kier molecular flexibility index (Phi) is 1.82. The van der Waals surface area contributed by atoms with Crippen molar-refractivity contribution in [1.82, 2.24) is 19.7 Å². The average molecular weight is 239 g/mol. The summed E-state index contributed by atoms with van der Waals surface area (Å²) >= 11 is 0. The van der Waals surface area contributed by atoms with E-state index in [-0.39, 0.29) is 17.1 Å². The predicted molar refractivity (Wildman–Crippen MR) is 55.9 cm³/mol. The second-order valence-corrected chi connectivity index (χ2v) is 3.25. The molecule has 0 aromatic carbocycles. The number of carboxylic acid groups (broad SMARTS) is 1. The fourth-order valence-corrected chi connectivity index (χ4v) is 1.36. The maximum Gasteiger partial charge on any atom is 0.357 e. The summed E-state index contributed by atoms with van der Waals surface area (Å²) in [4.78, 5) is 18.5. The fourth-order valence-electron chi connectivity index (χ4n) is 1.36. The van der Waals surface area contributed by atoms with Gasteiger partial charge >= 0.3 is 5.97 Å². The molecule has 1 N–H and O–H groups in total. The minimum absolute atomic E-state index is 0.0476. The van der Waals surface area contributed by atoms with E-state index in [1.54, 1.807) is 0 Å². The molecular formula is C10H9FN4O2. The van der Waals surface area contributed by atoms with Crippen LogP contribution in [0.5, 0.6) is 0 Å². The van der Waals surface area contributed by atoms with Crippen molar-refractivity contribution in [3.05, 3.63) is 29.6 Å². The van der Waals surface area contributed by atoms with Crippen LogP contribution in [0.4, 0.5) is 4.39 Å². The molecule has 0 atom stereocenters. The molecule has 88 valence electrons. The van der Waals surface area contributed by atoms with Crippen molar-refractivity contribution in [2.45, 2.75) is 6.92 Å². The van der Waals surface area contributed by atoms with E-state index in [0.717, 1.165) is 12.4 Å². The van der Waals surface area contributed by atoms with Crippen LogP contribution < -0.4 is 0 Å². The SMILES string of the molecule is [2H]C([2H])([2H])n1nc(C(=O)O)c(-c2ncc(F)cn2)c1C. The Bertz CT molecular complexity index is 666. The van der Waals surface area contributed by atoms with Crippen molar-refractivity contribution in [2.75, 3.05) is 0 Å². The van der Waals surface area contributed by atoms with Crippen LogP contribution in [0.1, 0.15) is 20.3 Å². The third-order valence-electron chi connectivity index (χ3n) is 2.16. The van der Waals surface area contributed by atoms with Crippen LogP contribution >= 0.6 is 0 Å². The zero-order valence-electron chi connectivity index (χ0n) is 11.7. The van der Waals surface area contributed by atoms with Gasteiger partial charge in [0.05, 0.1) is 18.0 Å². The van der Waals surface area contributed by atoms with E-state index in [1.165, 1.54) is 6.92 Å². The third kappa shape index (κ3) is 1.86. The lowest BCUT2D eigenvalue weighted by atomic mass is 10.1. The molecule has 0 spiro atoms. The van der Waals surface area contributed by atoms with Gasteiger partial charge in [0.25, 0.3) is 0 Å². The van der Waals surface area contributed by atoms with Crippen molar-refractivity contribution >= 4 is 5.97 Å². The number of hydrogen-bond donors (Lipinski definition) is 1. The molecule has 2 rings (SSSR count). The number of carboxylic acids is 1. The molecule has 0 aliphatic rings. The lowest BCUT2D eigenvalue weighted by Gasteiger charge is -1.99. The topological polar surface area (TPSA) is 80.9 Å². The summed E-state index contributed by atoms with van der Waals surface area (Å²) in [5, 5.41) is 12.7. The molecule has 2 aromatic heterocycles. The Hall–Kier alpha value is -2.31. The molecule has 0 fully saturated rings. The van der Waals surface area contributed by atoms with Crippen molar-refractivity contribution < 1.29 is 18.4 Å². The number of halogens is 1. The Labute approximate surface area is 100.0 Å². The first-order chi connectivity index (χ1) is 9.21. The molecule has 17 heavy (non-hydrogen) atoms. The molecule has 0 aliphatic heterocycles. The predicted octanol–water partition coefficient (Wildman–Crippen LogP) is 1.02. The second-order valence-electron chi connectivity index (χ2n) is 3.25. The van der Waals surface area contributed by atoms with Crippen LogP contribution in [-0.2, 0) is 6.98 Å². The molecule has 7 heteroatoms. The Morgan fingerprint density at radius 2 is 2.18 bits per heavy atom. The number of carbonyl (C=O) groups is 1. The summed E-state index contributed by atoms with van der Waals surface area (Å²) in [7, 11) is 0. The molecule has 0 unspecified atom stereocenters. The van der Waals surface area contributed by atoms with Crippen molar-refractivity contribution in [2.24, 2.45) is 6.98 Å². The first-order valence-corrected chi connectivity index (χ1v) is 4.53. The van der Waals surface area contributed by atoms with Gasteiger partial charge in [-0.25, -0.2) is 19.2 Å². The molecule has 6 nitrogen and oxygen atoms in total. The summed E-state index contributed by atoms with van der Waals surface area (Å²) in [6.07, 6.45) is 1.72. The zero-order valence-corrected chi connectivity index (χ0v) is 8.68. The summed E-state index contributed by atoms with van der Waals surface area (Å²) in [6, 6.07) is 0. The van der Waals surface area contributed by atoms with E-state index in [0.29, 0.717) is 4.68 Å². The largest absolute Gasteiger partial charge is 0.476 e. The van der Waals surface area contributed by atoms with Crippen LogP contribution in [0, 0.1) is 12.7 Å². The van der Waals surface area contributed by atoms with Gasteiger partial charge in [0, 0.05) is 16.8 Å². The molecule has 0 amide bonds. The summed E-state index contributed by atoms with van der Waals surface area (Å²) in [5.41, 5.74) is -0.479. The normalized spacial score (nSPS) is 13.9. The first kappa shape index (κ1) is 7.88. The number of hydrogen-bond acceptors (Lipinski definition) is 4. The van der Waals surface area contributed by atoms with Crippen molar-refractivity contribution in [3.8, 4) is 11.4 Å². The van der Waals surface area contributed by atoms with E-state index in [1.807, 2.05) is 0 Å². The number of nitrogens with zero attached hydrogens (tertiary/aromatic N) is 4. The number of aryl methyl sites for hydroxylation is 1. The van der Waals surface area contributed by atoms with Gasteiger partial charge in [-0.2, -0.15) is 5.10 Å². The third-order valence-corrected chi connectivity index (χ3v) is 2.16. The van der Waals surface area contributed by atoms with Crippen molar-refractivity contribution in [1.29, 1.82) is 0 Å². The van der Waals surface area contributed by atoms with E-state index in [2.05, 4.69) is 15.1 Å². The van der Waals surface area contributed by atoms with Gasteiger partial charge in [0.2, 0.25) is 0 Å². The molecule has 2 aromatic rings. The van der Waals surface area contributed by atoms with Crippen molar-refractivity contribution in [3.63, 3.8) is 0 Å². The van der Waals surface area contributed by atoms with Gasteiger partial charge in [-0.3, -0.25) is 4.68 Å². The summed E-state index contributed by atoms with van der Waals surface area (Å²) in [5.74, 6) is -2.21. The van der Waals surface area contributed by atoms with Gasteiger partial charge in [-0.1, -0.05) is 0 Å². The molecule has 0 saturated heterocycles. The summed E-state index contributed by atoms with van der Waals surface area (Å²) in [6.45, 7) is -1.25. The molecular weight excluding hydrogens is 227 g/mol. The first-order valence-electron chi connectivity index (χ1n) is 6.03. The van der Waals surface area contributed by atoms with E-state index < -0.39 is 24.5 Å². The Morgan fingerprint density at radius 3 is 2.71 bits per heavy atom. The minimum Gasteiger partial charge on any atom is -0.476 e. The average Bonchev–Trinajstić information content (AvgIpc) is 2.68. The highest BCUT2D eigenvalue weighted by Gasteiger charge is 2.22. The standard InChI is InChI=1S/C10H9FN4O2/c1-5-7(8(10(16)17)14-15(5)2)9-12-3-6(11)4-13-9/h3-4H,1-2H3,(H,16,17)/i2D3. The highest BCUT2D eigenvalue weighted by molar-refractivity contribution is 5.93. The Morgan fingerprint density at radius 1 is 1.53 bits per heavy atom. The van der Waals surface area contributed by atoms with E-state index in [9.17, 15) is 9.18 Å². The van der Waals surface area contributed by atoms with Gasteiger partial charge in [-0.05, 0) is 6.92 Å². The molecule has 0 bridgehead atoms. The maximum absolute atomic E-state index is 12.8. The van der Waals surface area contributed by atoms with E-state index in [4.69, 9.17) is 9.22 Å². The lowest BCUT2D eigenvalue weighted by Crippen LogP contribution is -2.01. The Balaban J connectivity index is 2.71. The maximum atomic E-state index is 12.8. The molecule has 0 saturated carbocycles. The van der Waals surface area contributed by atoms with E-state index >= 15 is 0 Å². The van der Waals surface area contributed by atoms with Gasteiger partial charge < -0.3 is 5.11 Å². The zero-order chi connectivity index (χ0) is 15.1. The summed E-state index contributed by atoms with van der Waals surface area (Å²) < 4.78 is 35.3. The second kappa shape index (κ2) is 3.93. The van der Waals surface area contributed by atoms with Crippen LogP contribution in [0.3, 0.4) is 0 Å². The van der Waals surface area contributed by atoms with Crippen LogP contribution in [0.2, 0.25) is 0 Å². The minimum atomic E-state index is -2.63. The molecule has 0 radical (unpaired) electrons. The van der Waals surface area contributed by atoms with Gasteiger partial charge in [0.1, 0.15) is 0 Å².